The Morgan fingerprint density at radius 3 is 2.35 bits per heavy atom. The molecule has 0 aromatic carbocycles. The van der Waals surface area contributed by atoms with E-state index in [0.29, 0.717) is 0 Å². The first-order valence-corrected chi connectivity index (χ1v) is 8.08. The molecule has 0 aromatic rings. The largest absolute Gasteiger partial charge is 0.354 e. The van der Waals surface area contributed by atoms with Crippen LogP contribution in [0.5, 0.6) is 0 Å². The van der Waals surface area contributed by atoms with Crippen molar-refractivity contribution >= 4 is 5.91 Å². The third-order valence-electron chi connectivity index (χ3n) is 4.82. The van der Waals surface area contributed by atoms with E-state index in [2.05, 4.69) is 24.3 Å². The van der Waals surface area contributed by atoms with E-state index in [-0.39, 0.29) is 23.4 Å². The number of hydrogen-bond acceptors (Lipinski definition) is 3. The van der Waals surface area contributed by atoms with E-state index in [9.17, 15) is 4.79 Å². The molecule has 118 valence electrons. The fourth-order valence-electron chi connectivity index (χ4n) is 3.12. The molecule has 0 aromatic heterocycles. The molecule has 2 unspecified atom stereocenters. The number of likely N-dealkylation sites (N-methyl/N-ethyl adjacent to an activating group) is 1. The summed E-state index contributed by atoms with van der Waals surface area (Å²) in [4.78, 5) is 14.5. The highest BCUT2D eigenvalue weighted by Gasteiger charge is 2.36. The Balaban J connectivity index is 2.34. The van der Waals surface area contributed by atoms with Gasteiger partial charge in [-0.15, -0.1) is 0 Å². The third-order valence-corrected chi connectivity index (χ3v) is 4.82. The summed E-state index contributed by atoms with van der Waals surface area (Å²) in [5.41, 5.74) is 5.92. The predicted molar refractivity (Wildman–Crippen MR) is 84.6 cm³/mol. The highest BCUT2D eigenvalue weighted by atomic mass is 16.1. The zero-order valence-electron chi connectivity index (χ0n) is 13.7. The van der Waals surface area contributed by atoms with Crippen LogP contribution in [0.15, 0.2) is 0 Å². The summed E-state index contributed by atoms with van der Waals surface area (Å²) in [6.07, 6.45) is 7.90. The number of carbonyl (C=O) groups is 1. The van der Waals surface area contributed by atoms with Gasteiger partial charge >= 0.3 is 0 Å². The molecule has 0 saturated heterocycles. The maximum Gasteiger partial charge on any atom is 0.222 e. The number of amides is 1. The normalized spacial score (nSPS) is 20.9. The van der Waals surface area contributed by atoms with E-state index in [0.717, 1.165) is 25.8 Å². The molecule has 1 rings (SSSR count). The molecule has 4 nitrogen and oxygen atoms in total. The number of nitrogens with one attached hydrogen (secondary N) is 1. The van der Waals surface area contributed by atoms with Crippen LogP contribution in [0, 0.1) is 5.92 Å². The second-order valence-corrected chi connectivity index (χ2v) is 6.85. The number of nitrogens with zero attached hydrogens (tertiary/aromatic N) is 1. The van der Waals surface area contributed by atoms with Gasteiger partial charge in [0, 0.05) is 24.0 Å². The van der Waals surface area contributed by atoms with Crippen LogP contribution in [0.4, 0.5) is 0 Å². The van der Waals surface area contributed by atoms with Crippen LogP contribution in [0.3, 0.4) is 0 Å². The first-order chi connectivity index (χ1) is 9.37. The maximum atomic E-state index is 12.2. The molecule has 1 fully saturated rings. The Hall–Kier alpha value is -0.610. The van der Waals surface area contributed by atoms with E-state index in [1.165, 1.54) is 25.7 Å². The van der Waals surface area contributed by atoms with Gasteiger partial charge in [-0.3, -0.25) is 4.79 Å². The monoisotopic (exact) mass is 283 g/mol. The van der Waals surface area contributed by atoms with Crippen molar-refractivity contribution in [3.8, 4) is 0 Å². The highest BCUT2D eigenvalue weighted by molar-refractivity contribution is 5.78. The molecule has 1 aliphatic carbocycles. The average molecular weight is 283 g/mol. The van der Waals surface area contributed by atoms with Crippen LogP contribution >= 0.6 is 0 Å². The van der Waals surface area contributed by atoms with Crippen molar-refractivity contribution in [2.75, 3.05) is 20.6 Å². The van der Waals surface area contributed by atoms with Crippen molar-refractivity contribution < 1.29 is 4.79 Å². The summed E-state index contributed by atoms with van der Waals surface area (Å²) in [5.74, 6) is 0.289. The molecule has 20 heavy (non-hydrogen) atoms. The zero-order valence-corrected chi connectivity index (χ0v) is 13.7. The van der Waals surface area contributed by atoms with Crippen LogP contribution < -0.4 is 11.1 Å². The molecule has 2 atom stereocenters. The second-order valence-electron chi connectivity index (χ2n) is 6.85. The van der Waals surface area contributed by atoms with Crippen LogP contribution in [0.25, 0.3) is 0 Å². The van der Waals surface area contributed by atoms with E-state index < -0.39 is 0 Å². The highest BCUT2D eigenvalue weighted by Crippen LogP contribution is 2.33. The molecule has 0 bridgehead atoms. The smallest absolute Gasteiger partial charge is 0.222 e. The second kappa shape index (κ2) is 7.99. The van der Waals surface area contributed by atoms with E-state index in [1.807, 2.05) is 13.8 Å². The standard InChI is InChI=1S/C16H33N3O/c1-13(8-7-9-14(2)17)15(20)18-12-16(19(3)4)10-5-6-11-16/h13-14H,5-12,17H2,1-4H3,(H,18,20). The summed E-state index contributed by atoms with van der Waals surface area (Å²) in [7, 11) is 4.26. The lowest BCUT2D eigenvalue weighted by molar-refractivity contribution is -0.125. The van der Waals surface area contributed by atoms with Gasteiger partial charge < -0.3 is 16.0 Å². The van der Waals surface area contributed by atoms with Crippen LogP contribution in [-0.4, -0.2) is 43.0 Å². The molecular weight excluding hydrogens is 250 g/mol. The quantitative estimate of drug-likeness (QED) is 0.717. The molecular formula is C16H33N3O. The van der Waals surface area contributed by atoms with Crippen LogP contribution in [0.2, 0.25) is 0 Å². The summed E-state index contributed by atoms with van der Waals surface area (Å²) in [6.45, 7) is 4.83. The van der Waals surface area contributed by atoms with E-state index >= 15 is 0 Å². The molecule has 4 heteroatoms. The minimum atomic E-state index is 0.0920. The first-order valence-electron chi connectivity index (χ1n) is 8.08. The van der Waals surface area contributed by atoms with Crippen molar-refractivity contribution in [2.24, 2.45) is 11.7 Å². The average Bonchev–Trinajstić information content (AvgIpc) is 2.85. The molecule has 1 aliphatic rings. The minimum Gasteiger partial charge on any atom is -0.354 e. The molecule has 3 N–H and O–H groups in total. The molecule has 1 amide bonds. The summed E-state index contributed by atoms with van der Waals surface area (Å²) in [5, 5.41) is 3.17. The lowest BCUT2D eigenvalue weighted by atomic mass is 9.95. The van der Waals surface area contributed by atoms with Gasteiger partial charge in [-0.25, -0.2) is 0 Å². The van der Waals surface area contributed by atoms with E-state index in [4.69, 9.17) is 5.73 Å². The molecule has 0 heterocycles. The van der Waals surface area contributed by atoms with Gasteiger partial charge in [-0.2, -0.15) is 0 Å². The lowest BCUT2D eigenvalue weighted by Gasteiger charge is -2.36. The van der Waals surface area contributed by atoms with Crippen LogP contribution in [-0.2, 0) is 4.79 Å². The van der Waals surface area contributed by atoms with Gasteiger partial charge in [0.1, 0.15) is 0 Å². The van der Waals surface area contributed by atoms with Gasteiger partial charge in [0.15, 0.2) is 0 Å². The lowest BCUT2D eigenvalue weighted by Crippen LogP contribution is -2.51. The fraction of sp³-hybridized carbons (Fsp3) is 0.938. The Morgan fingerprint density at radius 1 is 1.25 bits per heavy atom. The molecule has 0 aliphatic heterocycles. The zero-order chi connectivity index (χ0) is 15.2. The maximum absolute atomic E-state index is 12.2. The van der Waals surface area contributed by atoms with Crippen molar-refractivity contribution in [3.05, 3.63) is 0 Å². The van der Waals surface area contributed by atoms with Gasteiger partial charge in [-0.05, 0) is 46.7 Å². The number of rotatable bonds is 8. The Labute approximate surface area is 124 Å². The SMILES string of the molecule is CC(N)CCCC(C)C(=O)NCC1(N(C)C)CCCC1. The van der Waals surface area contributed by atoms with Gasteiger partial charge in [0.25, 0.3) is 0 Å². The third kappa shape index (κ3) is 5.06. The fourth-order valence-corrected chi connectivity index (χ4v) is 3.12. The number of nitrogens with two attached hydrogens (primary N) is 1. The summed E-state index contributed by atoms with van der Waals surface area (Å²) >= 11 is 0. The molecule has 0 radical (unpaired) electrons. The number of carbonyl (C=O) groups excluding carboxylic acids is 1. The molecule has 1 saturated carbocycles. The molecule has 0 spiro atoms. The van der Waals surface area contributed by atoms with Gasteiger partial charge in [0.2, 0.25) is 5.91 Å². The van der Waals surface area contributed by atoms with Gasteiger partial charge in [0.05, 0.1) is 0 Å². The summed E-state index contributed by atoms with van der Waals surface area (Å²) in [6, 6.07) is 0.237. The van der Waals surface area contributed by atoms with Gasteiger partial charge in [-0.1, -0.05) is 26.2 Å². The summed E-state index contributed by atoms with van der Waals surface area (Å²) < 4.78 is 0. The Bertz CT molecular complexity index is 296. The predicted octanol–water partition coefficient (Wildman–Crippen LogP) is 2.13. The Morgan fingerprint density at radius 2 is 1.85 bits per heavy atom. The number of hydrogen-bond donors (Lipinski definition) is 2. The van der Waals surface area contributed by atoms with Crippen molar-refractivity contribution in [1.29, 1.82) is 0 Å². The van der Waals surface area contributed by atoms with Crippen LogP contribution in [0.1, 0.15) is 58.8 Å². The van der Waals surface area contributed by atoms with Crippen molar-refractivity contribution in [1.82, 2.24) is 10.2 Å². The topological polar surface area (TPSA) is 58.4 Å². The van der Waals surface area contributed by atoms with E-state index in [1.54, 1.807) is 0 Å². The minimum absolute atomic E-state index is 0.0920. The first kappa shape index (κ1) is 17.4. The van der Waals surface area contributed by atoms with Crippen molar-refractivity contribution in [2.45, 2.75) is 70.4 Å². The Kier molecular flexibility index (Phi) is 6.96. The van der Waals surface area contributed by atoms with Crippen molar-refractivity contribution in [3.63, 3.8) is 0 Å².